The first-order valence-electron chi connectivity index (χ1n) is 12.3. The molecule has 2 aromatic heterocycles. The Bertz CT molecular complexity index is 1410. The van der Waals surface area contributed by atoms with Crippen LogP contribution < -0.4 is 5.56 Å². The third-order valence-electron chi connectivity index (χ3n) is 6.31. The second-order valence-electron chi connectivity index (χ2n) is 9.61. The average Bonchev–Trinajstić information content (AvgIpc) is 3.34. The van der Waals surface area contributed by atoms with Crippen LogP contribution in [0.3, 0.4) is 0 Å². The van der Waals surface area contributed by atoms with Crippen LogP contribution in [0.1, 0.15) is 47.6 Å². The predicted molar refractivity (Wildman–Crippen MR) is 151 cm³/mol. The molecule has 0 aliphatic heterocycles. The van der Waals surface area contributed by atoms with Gasteiger partial charge in [0.15, 0.2) is 0 Å². The highest BCUT2D eigenvalue weighted by atomic mass is 79.9. The molecular formula is C28H32BrN4O3S+. The Morgan fingerprint density at radius 2 is 1.84 bits per heavy atom. The molecule has 0 fully saturated rings. The first-order chi connectivity index (χ1) is 17.7. The second-order valence-corrected chi connectivity index (χ2v) is 11.4. The number of hydrogen-bond donors (Lipinski definition) is 1. The molecule has 194 valence electrons. The molecular weight excluding hydrogens is 552 g/mol. The minimum absolute atomic E-state index is 0.104. The molecule has 4 aromatic rings. The maximum Gasteiger partial charge on any atom is 0.262 e. The fraction of sp³-hybridized carbons (Fsp3) is 0.321. The van der Waals surface area contributed by atoms with Gasteiger partial charge in [0, 0.05) is 23.0 Å². The van der Waals surface area contributed by atoms with Gasteiger partial charge >= 0.3 is 0 Å². The molecule has 0 radical (unpaired) electrons. The molecule has 0 bridgehead atoms. The number of aromatic nitrogens is 2. The van der Waals surface area contributed by atoms with Crippen molar-refractivity contribution in [2.75, 3.05) is 27.2 Å². The van der Waals surface area contributed by atoms with Crippen LogP contribution in [0.2, 0.25) is 0 Å². The second kappa shape index (κ2) is 11.7. The van der Waals surface area contributed by atoms with E-state index in [4.69, 9.17) is 4.98 Å². The van der Waals surface area contributed by atoms with Gasteiger partial charge in [-0.1, -0.05) is 53.2 Å². The highest BCUT2D eigenvalue weighted by molar-refractivity contribution is 9.10. The number of nitrogens with zero attached hydrogens (tertiary/aromatic N) is 4. The highest BCUT2D eigenvalue weighted by Gasteiger charge is 2.30. The van der Waals surface area contributed by atoms with Crippen LogP contribution in [0.5, 0.6) is 0 Å². The van der Waals surface area contributed by atoms with Crippen molar-refractivity contribution in [2.45, 2.75) is 32.4 Å². The fourth-order valence-electron chi connectivity index (χ4n) is 4.47. The topological polar surface area (TPSA) is 75.4 Å². The number of thiophene rings is 1. The van der Waals surface area contributed by atoms with Crippen molar-refractivity contribution in [3.63, 3.8) is 0 Å². The van der Waals surface area contributed by atoms with E-state index in [2.05, 4.69) is 15.9 Å². The number of amides is 1. The van der Waals surface area contributed by atoms with E-state index in [-0.39, 0.29) is 16.1 Å². The molecule has 1 atom stereocenters. The predicted octanol–water partition coefficient (Wildman–Crippen LogP) is 5.72. The van der Waals surface area contributed by atoms with E-state index in [0.29, 0.717) is 54.1 Å². The van der Waals surface area contributed by atoms with Gasteiger partial charge in [-0.2, -0.15) is 4.65 Å². The molecule has 0 aliphatic rings. The van der Waals surface area contributed by atoms with Crippen LogP contribution in [0, 0.1) is 0 Å². The van der Waals surface area contributed by atoms with Crippen molar-refractivity contribution in [3.8, 4) is 0 Å². The zero-order valence-corrected chi connectivity index (χ0v) is 23.7. The molecule has 2 aromatic carbocycles. The van der Waals surface area contributed by atoms with Gasteiger partial charge in [0.2, 0.25) is 0 Å². The molecule has 1 amide bonds. The fourth-order valence-corrected chi connectivity index (χ4v) is 5.49. The summed E-state index contributed by atoms with van der Waals surface area (Å²) < 4.78 is 2.42. The first-order valence-corrected chi connectivity index (χ1v) is 14.0. The Balaban J connectivity index is 1.81. The summed E-state index contributed by atoms with van der Waals surface area (Å²) in [5.74, 6) is 0.448. The summed E-state index contributed by atoms with van der Waals surface area (Å²) in [5, 5.41) is 12.7. The number of rotatable bonds is 10. The van der Waals surface area contributed by atoms with E-state index < -0.39 is 6.04 Å². The number of carbonyl (C=O) groups excluding carboxylic acids is 1. The number of benzene rings is 2. The zero-order valence-electron chi connectivity index (χ0n) is 21.3. The normalized spacial score (nSPS) is 12.6. The summed E-state index contributed by atoms with van der Waals surface area (Å²) >= 11 is 4.87. The van der Waals surface area contributed by atoms with Crippen molar-refractivity contribution in [1.29, 1.82) is 0 Å². The number of carbonyl (C=O) groups is 1. The molecule has 0 aliphatic carbocycles. The van der Waals surface area contributed by atoms with Crippen LogP contribution in [0.25, 0.3) is 10.2 Å². The largest absolute Gasteiger partial charge is 0.328 e. The van der Waals surface area contributed by atoms with E-state index >= 15 is 0 Å². The Morgan fingerprint density at radius 3 is 2.49 bits per heavy atom. The average molecular weight is 585 g/mol. The molecule has 1 N–H and O–H groups in total. The highest BCUT2D eigenvalue weighted by Crippen LogP contribution is 2.28. The third kappa shape index (κ3) is 6.54. The molecule has 0 saturated carbocycles. The number of hydrogen-bond acceptors (Lipinski definition) is 5. The SMILES string of the molecule is CCC(c1nc2sccc2c(=O)n1Cc1ccccc1)N(CCC[N+](C)(C)O)C(=O)c1ccc(Br)cc1. The van der Waals surface area contributed by atoms with Crippen molar-refractivity contribution in [2.24, 2.45) is 0 Å². The molecule has 0 saturated heterocycles. The lowest BCUT2D eigenvalue weighted by Gasteiger charge is -2.33. The van der Waals surface area contributed by atoms with Crippen molar-refractivity contribution in [3.05, 3.63) is 97.8 Å². The smallest absolute Gasteiger partial charge is 0.262 e. The van der Waals surface area contributed by atoms with Gasteiger partial charge in [-0.15, -0.1) is 11.3 Å². The van der Waals surface area contributed by atoms with Gasteiger partial charge < -0.3 is 4.90 Å². The van der Waals surface area contributed by atoms with Crippen molar-refractivity contribution in [1.82, 2.24) is 14.5 Å². The van der Waals surface area contributed by atoms with Gasteiger partial charge in [0.1, 0.15) is 17.2 Å². The lowest BCUT2D eigenvalue weighted by molar-refractivity contribution is -1.07. The quantitative estimate of drug-likeness (QED) is 0.191. The Morgan fingerprint density at radius 1 is 1.14 bits per heavy atom. The monoisotopic (exact) mass is 583 g/mol. The number of hydroxylamine groups is 3. The maximum absolute atomic E-state index is 13.9. The third-order valence-corrected chi connectivity index (χ3v) is 7.65. The van der Waals surface area contributed by atoms with Gasteiger partial charge in [0.25, 0.3) is 11.5 Å². The van der Waals surface area contributed by atoms with Crippen molar-refractivity contribution >= 4 is 43.4 Å². The summed E-state index contributed by atoms with van der Waals surface area (Å²) in [6.07, 6.45) is 1.17. The molecule has 0 spiro atoms. The number of halogens is 1. The minimum Gasteiger partial charge on any atom is -0.328 e. The van der Waals surface area contributed by atoms with Crippen LogP contribution in [0.15, 0.2) is 75.3 Å². The summed E-state index contributed by atoms with van der Waals surface area (Å²) in [7, 11) is 3.42. The van der Waals surface area contributed by atoms with Crippen LogP contribution in [-0.4, -0.2) is 57.4 Å². The standard InChI is InChI=1S/C28H32BrN4O3S/c1-4-24(31(16-8-17-33(2,3)36)27(34)21-11-13-22(29)14-12-21)25-30-26-23(15-18-37-26)28(35)32(25)19-20-9-6-5-7-10-20/h5-7,9-15,18,24,36H,4,8,16-17,19H2,1-3H3/q+1. The van der Waals surface area contributed by atoms with E-state index in [0.717, 1.165) is 10.0 Å². The molecule has 1 unspecified atom stereocenters. The lowest BCUT2D eigenvalue weighted by atomic mass is 10.1. The van der Waals surface area contributed by atoms with Gasteiger partial charge in [-0.25, -0.2) is 10.2 Å². The van der Waals surface area contributed by atoms with Gasteiger partial charge in [-0.3, -0.25) is 14.2 Å². The summed E-state index contributed by atoms with van der Waals surface area (Å²) in [4.78, 5) is 35.0. The van der Waals surface area contributed by atoms with E-state index in [1.165, 1.54) is 11.3 Å². The van der Waals surface area contributed by atoms with E-state index in [1.54, 1.807) is 30.8 Å². The molecule has 7 nitrogen and oxygen atoms in total. The summed E-state index contributed by atoms with van der Waals surface area (Å²) in [5.41, 5.74) is 1.45. The zero-order chi connectivity index (χ0) is 26.6. The molecule has 9 heteroatoms. The van der Waals surface area contributed by atoms with Gasteiger partial charge in [-0.05, 0) is 47.7 Å². The first kappa shape index (κ1) is 27.2. The molecule has 37 heavy (non-hydrogen) atoms. The molecule has 2 heterocycles. The van der Waals surface area contributed by atoms with Crippen LogP contribution >= 0.6 is 27.3 Å². The van der Waals surface area contributed by atoms with E-state index in [9.17, 15) is 14.8 Å². The lowest BCUT2D eigenvalue weighted by Crippen LogP contribution is -2.42. The Kier molecular flexibility index (Phi) is 8.59. The van der Waals surface area contributed by atoms with Gasteiger partial charge in [0.05, 0.1) is 32.1 Å². The number of fused-ring (bicyclic) bond motifs is 1. The van der Waals surface area contributed by atoms with Crippen molar-refractivity contribution < 1.29 is 14.6 Å². The molecule has 4 rings (SSSR count). The van der Waals surface area contributed by atoms with Crippen LogP contribution in [0.4, 0.5) is 0 Å². The summed E-state index contributed by atoms with van der Waals surface area (Å²) in [6.45, 7) is 3.27. The maximum atomic E-state index is 13.9. The van der Waals surface area contributed by atoms with E-state index in [1.807, 2.05) is 65.7 Å². The number of quaternary nitrogens is 1. The minimum atomic E-state index is -0.423. The Labute approximate surface area is 229 Å². The van der Waals surface area contributed by atoms with Crippen LogP contribution in [-0.2, 0) is 6.54 Å². The summed E-state index contributed by atoms with van der Waals surface area (Å²) in [6, 6.07) is 18.5. The Hall–Kier alpha value is -2.85.